The van der Waals surface area contributed by atoms with E-state index in [-0.39, 0.29) is 17.2 Å². The van der Waals surface area contributed by atoms with Crippen LogP contribution in [0.2, 0.25) is 5.15 Å². The van der Waals surface area contributed by atoms with E-state index in [1.807, 2.05) is 7.05 Å². The number of amides is 2. The third-order valence-electron chi connectivity index (χ3n) is 9.43. The van der Waals surface area contributed by atoms with Gasteiger partial charge in [-0.1, -0.05) is 37.4 Å². The SMILES string of the molecule is CC1=C2N(C)C(=O)C(C(=O)Nc3ccnc(Cl)c3)C[C@]2(C)[C@@H]2CC[C@]3(C)CCC[C@H]3[C@@H]2C1. The van der Waals surface area contributed by atoms with Crippen molar-refractivity contribution in [1.29, 1.82) is 0 Å². The third-order valence-corrected chi connectivity index (χ3v) is 9.63. The maximum Gasteiger partial charge on any atom is 0.239 e. The number of halogens is 1. The van der Waals surface area contributed by atoms with Crippen molar-refractivity contribution in [3.05, 3.63) is 34.8 Å². The Labute approximate surface area is 196 Å². The van der Waals surface area contributed by atoms with Crippen LogP contribution < -0.4 is 5.32 Å². The molecule has 32 heavy (non-hydrogen) atoms. The van der Waals surface area contributed by atoms with Gasteiger partial charge in [-0.2, -0.15) is 0 Å². The van der Waals surface area contributed by atoms with Crippen LogP contribution in [0.25, 0.3) is 0 Å². The maximum absolute atomic E-state index is 13.4. The zero-order valence-corrected chi connectivity index (χ0v) is 20.3. The molecule has 1 aromatic rings. The minimum atomic E-state index is -0.691. The van der Waals surface area contributed by atoms with Crippen LogP contribution >= 0.6 is 11.6 Å². The van der Waals surface area contributed by atoms with Gasteiger partial charge in [-0.25, -0.2) is 4.98 Å². The number of pyridine rings is 1. The summed E-state index contributed by atoms with van der Waals surface area (Å²) in [4.78, 5) is 32.4. The molecule has 1 N–H and O–H groups in total. The summed E-state index contributed by atoms with van der Waals surface area (Å²) in [7, 11) is 1.87. The Bertz CT molecular complexity index is 1010. The normalized spacial score (nSPS) is 38.8. The molecule has 0 spiro atoms. The molecule has 1 saturated heterocycles. The monoisotopic (exact) mass is 455 g/mol. The molecule has 0 radical (unpaired) electrons. The molecule has 172 valence electrons. The van der Waals surface area contributed by atoms with E-state index in [0.29, 0.717) is 34.5 Å². The Morgan fingerprint density at radius 2 is 2.03 bits per heavy atom. The summed E-state index contributed by atoms with van der Waals surface area (Å²) >= 11 is 5.98. The van der Waals surface area contributed by atoms with Gasteiger partial charge < -0.3 is 10.2 Å². The van der Waals surface area contributed by atoms with Gasteiger partial charge in [0.2, 0.25) is 11.8 Å². The molecular weight excluding hydrogens is 422 g/mol. The van der Waals surface area contributed by atoms with Gasteiger partial charge >= 0.3 is 0 Å². The fraction of sp³-hybridized carbons (Fsp3) is 0.654. The van der Waals surface area contributed by atoms with Crippen LogP contribution in [0, 0.1) is 34.5 Å². The van der Waals surface area contributed by atoms with Crippen LogP contribution in [0.5, 0.6) is 0 Å². The highest BCUT2D eigenvalue weighted by Crippen LogP contribution is 2.65. The summed E-state index contributed by atoms with van der Waals surface area (Å²) in [5.41, 5.74) is 3.43. The Hall–Kier alpha value is -1.88. The van der Waals surface area contributed by atoms with Gasteiger partial charge in [-0.05, 0) is 80.8 Å². The number of rotatable bonds is 2. The number of carbonyl (C=O) groups is 2. The van der Waals surface area contributed by atoms with Crippen molar-refractivity contribution in [1.82, 2.24) is 9.88 Å². The molecular formula is C26H34ClN3O2. The smallest absolute Gasteiger partial charge is 0.239 e. The second kappa shape index (κ2) is 7.58. The molecule has 6 atom stereocenters. The molecule has 1 aromatic heterocycles. The van der Waals surface area contributed by atoms with Crippen LogP contribution in [0.15, 0.2) is 29.6 Å². The summed E-state index contributed by atoms with van der Waals surface area (Å²) in [6.45, 7) is 7.05. The topological polar surface area (TPSA) is 62.3 Å². The zero-order chi connectivity index (χ0) is 22.8. The van der Waals surface area contributed by atoms with Crippen LogP contribution in [-0.2, 0) is 9.59 Å². The molecule has 3 aliphatic carbocycles. The van der Waals surface area contributed by atoms with Gasteiger partial charge in [0.05, 0.1) is 0 Å². The van der Waals surface area contributed by atoms with E-state index in [2.05, 4.69) is 31.1 Å². The van der Waals surface area contributed by atoms with Gasteiger partial charge in [0.25, 0.3) is 0 Å². The molecule has 2 heterocycles. The first-order valence-electron chi connectivity index (χ1n) is 12.0. The van der Waals surface area contributed by atoms with Gasteiger partial charge in [-0.15, -0.1) is 0 Å². The number of carbonyl (C=O) groups excluding carboxylic acids is 2. The molecule has 6 heteroatoms. The number of hydrogen-bond donors (Lipinski definition) is 1. The van der Waals surface area contributed by atoms with Crippen molar-refractivity contribution < 1.29 is 9.59 Å². The van der Waals surface area contributed by atoms with Crippen LogP contribution in [0.3, 0.4) is 0 Å². The molecule has 0 aromatic carbocycles. The lowest BCUT2D eigenvalue weighted by atomic mass is 9.48. The molecule has 4 aliphatic rings. The van der Waals surface area contributed by atoms with Crippen molar-refractivity contribution in [3.63, 3.8) is 0 Å². The van der Waals surface area contributed by atoms with Crippen molar-refractivity contribution in [3.8, 4) is 0 Å². The summed E-state index contributed by atoms with van der Waals surface area (Å²) in [6, 6.07) is 3.32. The molecule has 2 saturated carbocycles. The summed E-state index contributed by atoms with van der Waals surface area (Å²) in [5.74, 6) is 0.918. The fourth-order valence-electron chi connectivity index (χ4n) is 8.16. The van der Waals surface area contributed by atoms with Gasteiger partial charge in [0.15, 0.2) is 0 Å². The predicted octanol–water partition coefficient (Wildman–Crippen LogP) is 5.67. The number of aromatic nitrogens is 1. The Balaban J connectivity index is 1.48. The summed E-state index contributed by atoms with van der Waals surface area (Å²) in [6.07, 6.45) is 9.73. The number of fused-ring (bicyclic) bond motifs is 5. The number of nitrogens with zero attached hydrogens (tertiary/aromatic N) is 2. The average molecular weight is 456 g/mol. The molecule has 5 rings (SSSR count). The van der Waals surface area contributed by atoms with Crippen LogP contribution in [0.1, 0.15) is 65.7 Å². The van der Waals surface area contributed by atoms with Crippen molar-refractivity contribution in [2.75, 3.05) is 12.4 Å². The van der Waals surface area contributed by atoms with E-state index in [0.717, 1.165) is 12.3 Å². The van der Waals surface area contributed by atoms with Gasteiger partial charge in [-0.3, -0.25) is 9.59 Å². The van der Waals surface area contributed by atoms with E-state index in [1.54, 1.807) is 23.2 Å². The van der Waals surface area contributed by atoms with Crippen molar-refractivity contribution in [2.45, 2.75) is 65.7 Å². The lowest BCUT2D eigenvalue weighted by molar-refractivity contribution is -0.147. The second-order valence-electron chi connectivity index (χ2n) is 11.2. The highest BCUT2D eigenvalue weighted by atomic mass is 35.5. The minimum Gasteiger partial charge on any atom is -0.325 e. The van der Waals surface area contributed by atoms with E-state index >= 15 is 0 Å². The third kappa shape index (κ3) is 3.22. The fourth-order valence-corrected chi connectivity index (χ4v) is 8.33. The number of allylic oxidation sites excluding steroid dienone is 2. The first kappa shape index (κ1) is 21.9. The van der Waals surface area contributed by atoms with Crippen molar-refractivity contribution in [2.24, 2.45) is 34.5 Å². The summed E-state index contributed by atoms with van der Waals surface area (Å²) in [5, 5.41) is 3.23. The first-order chi connectivity index (χ1) is 15.1. The van der Waals surface area contributed by atoms with Crippen LogP contribution in [0.4, 0.5) is 5.69 Å². The minimum absolute atomic E-state index is 0.102. The average Bonchev–Trinajstić information content (AvgIpc) is 3.13. The van der Waals surface area contributed by atoms with Crippen LogP contribution in [-0.4, -0.2) is 28.7 Å². The molecule has 1 aliphatic heterocycles. The van der Waals surface area contributed by atoms with E-state index in [4.69, 9.17) is 11.6 Å². The van der Waals surface area contributed by atoms with Gasteiger partial charge in [0.1, 0.15) is 11.1 Å². The molecule has 0 bridgehead atoms. The largest absolute Gasteiger partial charge is 0.325 e. The Morgan fingerprint density at radius 3 is 2.78 bits per heavy atom. The van der Waals surface area contributed by atoms with Crippen molar-refractivity contribution >= 4 is 29.1 Å². The lowest BCUT2D eigenvalue weighted by Gasteiger charge is -2.59. The molecule has 3 fully saturated rings. The Kier molecular flexibility index (Phi) is 5.20. The second-order valence-corrected chi connectivity index (χ2v) is 11.6. The highest BCUT2D eigenvalue weighted by molar-refractivity contribution is 6.29. The molecule has 1 unspecified atom stereocenters. The number of likely N-dealkylation sites (tertiary alicyclic amines) is 1. The highest BCUT2D eigenvalue weighted by Gasteiger charge is 2.60. The number of nitrogens with one attached hydrogen (secondary N) is 1. The standard InChI is InChI=1S/C26H34ClN3O2/c1-15-12-17-19-6-5-9-25(19,2)10-7-20(17)26(3)14-18(24(32)30(4)22(15)26)23(31)29-16-8-11-28-21(27)13-16/h8,11,13,17-20H,5-7,9-10,12,14H2,1-4H3,(H,28,29,31)/t17-,18?,19-,20+,25-,26+/m0/s1. The summed E-state index contributed by atoms with van der Waals surface area (Å²) < 4.78 is 0. The molecule has 5 nitrogen and oxygen atoms in total. The lowest BCUT2D eigenvalue weighted by Crippen LogP contribution is -2.57. The number of piperidine rings is 1. The number of hydrogen-bond acceptors (Lipinski definition) is 3. The Morgan fingerprint density at radius 1 is 1.25 bits per heavy atom. The van der Waals surface area contributed by atoms with E-state index in [9.17, 15) is 9.59 Å². The quantitative estimate of drug-likeness (QED) is 0.461. The molecule has 2 amide bonds. The van der Waals surface area contributed by atoms with E-state index in [1.165, 1.54) is 43.4 Å². The first-order valence-corrected chi connectivity index (χ1v) is 12.4. The van der Waals surface area contributed by atoms with Gasteiger partial charge in [0, 0.05) is 30.0 Å². The van der Waals surface area contributed by atoms with E-state index < -0.39 is 5.92 Å². The zero-order valence-electron chi connectivity index (χ0n) is 19.6. The number of anilines is 1. The predicted molar refractivity (Wildman–Crippen MR) is 126 cm³/mol. The maximum atomic E-state index is 13.4.